The predicted molar refractivity (Wildman–Crippen MR) is 78.0 cm³/mol. The van der Waals surface area contributed by atoms with Gasteiger partial charge in [-0.2, -0.15) is 13.2 Å². The van der Waals surface area contributed by atoms with Crippen LogP contribution in [-0.2, 0) is 11.0 Å². The molecule has 1 aromatic rings. The summed E-state index contributed by atoms with van der Waals surface area (Å²) in [7, 11) is 0. The second kappa shape index (κ2) is 5.96. The van der Waals surface area contributed by atoms with Gasteiger partial charge >= 0.3 is 6.18 Å². The van der Waals surface area contributed by atoms with E-state index in [1.165, 1.54) is 12.1 Å². The minimum absolute atomic E-state index is 0.199. The van der Waals surface area contributed by atoms with E-state index in [0.29, 0.717) is 30.4 Å². The zero-order valence-corrected chi connectivity index (χ0v) is 13.1. The minimum atomic E-state index is -4.51. The number of carbonyl (C=O) groups excluding carboxylic acids is 1. The van der Waals surface area contributed by atoms with Gasteiger partial charge in [-0.15, -0.1) is 0 Å². The fourth-order valence-electron chi connectivity index (χ4n) is 2.34. The molecule has 0 saturated carbocycles. The zero-order valence-electron chi connectivity index (χ0n) is 11.5. The van der Waals surface area contributed by atoms with Crippen LogP contribution in [0.25, 0.3) is 0 Å². The smallest absolute Gasteiger partial charge is 0.325 e. The van der Waals surface area contributed by atoms with E-state index in [1.54, 1.807) is 6.92 Å². The SMILES string of the molecule is CC1(C(=O)Nc2ccc(Br)cc2C(F)(F)F)CCNCC1. The maximum absolute atomic E-state index is 13.0. The lowest BCUT2D eigenvalue weighted by Crippen LogP contribution is -2.43. The van der Waals surface area contributed by atoms with Gasteiger partial charge in [0.1, 0.15) is 0 Å². The van der Waals surface area contributed by atoms with Crippen molar-refractivity contribution in [2.45, 2.75) is 25.9 Å². The highest BCUT2D eigenvalue weighted by Crippen LogP contribution is 2.38. The number of halogens is 4. The van der Waals surface area contributed by atoms with Crippen molar-refractivity contribution in [2.75, 3.05) is 18.4 Å². The first-order chi connectivity index (χ1) is 9.72. The molecule has 1 aliphatic rings. The highest BCUT2D eigenvalue weighted by Gasteiger charge is 2.38. The van der Waals surface area contributed by atoms with E-state index in [1.807, 2.05) is 0 Å². The molecule has 0 spiro atoms. The molecule has 1 heterocycles. The third-order valence-corrected chi connectivity index (χ3v) is 4.28. The van der Waals surface area contributed by atoms with Crippen LogP contribution < -0.4 is 10.6 Å². The molecular formula is C14H16BrF3N2O. The number of rotatable bonds is 2. The van der Waals surface area contributed by atoms with Crippen molar-refractivity contribution < 1.29 is 18.0 Å². The normalized spacial score (nSPS) is 18.3. The molecular weight excluding hydrogens is 349 g/mol. The average Bonchev–Trinajstić information content (AvgIpc) is 2.40. The van der Waals surface area contributed by atoms with E-state index in [4.69, 9.17) is 0 Å². The van der Waals surface area contributed by atoms with Crippen LogP contribution in [0.15, 0.2) is 22.7 Å². The molecule has 21 heavy (non-hydrogen) atoms. The van der Waals surface area contributed by atoms with Crippen LogP contribution in [0.4, 0.5) is 18.9 Å². The van der Waals surface area contributed by atoms with Crippen molar-refractivity contribution in [3.63, 3.8) is 0 Å². The summed E-state index contributed by atoms with van der Waals surface area (Å²) < 4.78 is 39.4. The van der Waals surface area contributed by atoms with Crippen molar-refractivity contribution in [1.82, 2.24) is 5.32 Å². The summed E-state index contributed by atoms with van der Waals surface area (Å²) in [5, 5.41) is 5.58. The number of alkyl halides is 3. The Hall–Kier alpha value is -1.08. The molecule has 1 aliphatic heterocycles. The fourth-order valence-corrected chi connectivity index (χ4v) is 2.70. The van der Waals surface area contributed by atoms with E-state index in [2.05, 4.69) is 26.6 Å². The Morgan fingerprint density at radius 2 is 1.95 bits per heavy atom. The van der Waals surface area contributed by atoms with Gasteiger partial charge in [0.25, 0.3) is 0 Å². The van der Waals surface area contributed by atoms with Crippen molar-refractivity contribution in [1.29, 1.82) is 0 Å². The molecule has 0 aromatic heterocycles. The quantitative estimate of drug-likeness (QED) is 0.837. The number of hydrogen-bond donors (Lipinski definition) is 2. The topological polar surface area (TPSA) is 41.1 Å². The lowest BCUT2D eigenvalue weighted by molar-refractivity contribution is -0.137. The highest BCUT2D eigenvalue weighted by molar-refractivity contribution is 9.10. The number of anilines is 1. The van der Waals surface area contributed by atoms with Gasteiger partial charge in [0, 0.05) is 9.89 Å². The Kier molecular flexibility index (Phi) is 4.63. The summed E-state index contributed by atoms with van der Waals surface area (Å²) >= 11 is 3.02. The van der Waals surface area contributed by atoms with Crippen LogP contribution in [0, 0.1) is 5.41 Å². The largest absolute Gasteiger partial charge is 0.418 e. The van der Waals surface area contributed by atoms with Gasteiger partial charge < -0.3 is 10.6 Å². The second-order valence-electron chi connectivity index (χ2n) is 5.45. The number of benzene rings is 1. The summed E-state index contributed by atoms with van der Waals surface area (Å²) in [6, 6.07) is 3.73. The molecule has 2 N–H and O–H groups in total. The van der Waals surface area contributed by atoms with E-state index in [9.17, 15) is 18.0 Å². The first kappa shape index (κ1) is 16.3. The Labute approximate surface area is 129 Å². The Balaban J connectivity index is 2.25. The summed E-state index contributed by atoms with van der Waals surface area (Å²) in [6.45, 7) is 3.17. The Morgan fingerprint density at radius 3 is 2.52 bits per heavy atom. The van der Waals surface area contributed by atoms with Crippen LogP contribution in [0.2, 0.25) is 0 Å². The zero-order chi connectivity index (χ0) is 15.7. The molecule has 0 bridgehead atoms. The maximum Gasteiger partial charge on any atom is 0.418 e. The molecule has 3 nitrogen and oxygen atoms in total. The van der Waals surface area contributed by atoms with E-state index >= 15 is 0 Å². The Bertz CT molecular complexity index is 540. The van der Waals surface area contributed by atoms with Gasteiger partial charge in [-0.25, -0.2) is 0 Å². The van der Waals surface area contributed by atoms with E-state index in [0.717, 1.165) is 6.07 Å². The number of carbonyl (C=O) groups is 1. The van der Waals surface area contributed by atoms with Crippen LogP contribution in [-0.4, -0.2) is 19.0 Å². The van der Waals surface area contributed by atoms with Crippen molar-refractivity contribution in [2.24, 2.45) is 5.41 Å². The molecule has 1 saturated heterocycles. The summed E-state index contributed by atoms with van der Waals surface area (Å²) in [6.07, 6.45) is -3.30. The molecule has 2 rings (SSSR count). The number of amides is 1. The average molecular weight is 365 g/mol. The van der Waals surface area contributed by atoms with Gasteiger partial charge in [-0.3, -0.25) is 4.79 Å². The number of piperidine rings is 1. The Morgan fingerprint density at radius 1 is 1.33 bits per heavy atom. The standard InChI is InChI=1S/C14H16BrF3N2O/c1-13(4-6-19-7-5-13)12(21)20-11-3-2-9(15)8-10(11)14(16,17)18/h2-3,8,19H,4-7H2,1H3,(H,20,21). The van der Waals surface area contributed by atoms with Crippen molar-refractivity contribution in [3.05, 3.63) is 28.2 Å². The lowest BCUT2D eigenvalue weighted by Gasteiger charge is -2.32. The molecule has 1 amide bonds. The molecule has 0 radical (unpaired) electrons. The first-order valence-electron chi connectivity index (χ1n) is 6.61. The van der Waals surface area contributed by atoms with E-state index < -0.39 is 17.2 Å². The number of nitrogens with one attached hydrogen (secondary N) is 2. The summed E-state index contributed by atoms with van der Waals surface area (Å²) in [4.78, 5) is 12.3. The monoisotopic (exact) mass is 364 g/mol. The molecule has 116 valence electrons. The van der Waals surface area contributed by atoms with Gasteiger partial charge in [-0.1, -0.05) is 22.9 Å². The third-order valence-electron chi connectivity index (χ3n) is 3.79. The van der Waals surface area contributed by atoms with Gasteiger partial charge in [0.05, 0.1) is 11.3 Å². The van der Waals surface area contributed by atoms with Crippen LogP contribution in [0.1, 0.15) is 25.3 Å². The van der Waals surface area contributed by atoms with E-state index in [-0.39, 0.29) is 11.6 Å². The molecule has 7 heteroatoms. The minimum Gasteiger partial charge on any atom is -0.325 e. The molecule has 1 fully saturated rings. The maximum atomic E-state index is 13.0. The van der Waals surface area contributed by atoms with Gasteiger partial charge in [0.2, 0.25) is 5.91 Å². The van der Waals surface area contributed by atoms with Crippen LogP contribution in [0.3, 0.4) is 0 Å². The fraction of sp³-hybridized carbons (Fsp3) is 0.500. The number of hydrogen-bond acceptors (Lipinski definition) is 2. The second-order valence-corrected chi connectivity index (χ2v) is 6.37. The molecule has 0 aliphatic carbocycles. The molecule has 0 atom stereocenters. The van der Waals surface area contributed by atoms with Crippen LogP contribution >= 0.6 is 15.9 Å². The lowest BCUT2D eigenvalue weighted by atomic mass is 9.80. The summed E-state index contributed by atoms with van der Waals surface area (Å²) in [5.74, 6) is -0.364. The third kappa shape index (κ3) is 3.77. The van der Waals surface area contributed by atoms with Crippen molar-refractivity contribution in [3.8, 4) is 0 Å². The molecule has 0 unspecified atom stereocenters. The first-order valence-corrected chi connectivity index (χ1v) is 7.41. The van der Waals surface area contributed by atoms with Crippen molar-refractivity contribution >= 4 is 27.5 Å². The highest BCUT2D eigenvalue weighted by atomic mass is 79.9. The summed E-state index contributed by atoms with van der Waals surface area (Å²) in [5.41, 5.74) is -1.68. The van der Waals surface area contributed by atoms with Gasteiger partial charge in [-0.05, 0) is 44.1 Å². The predicted octanol–water partition coefficient (Wildman–Crippen LogP) is 3.80. The molecule has 1 aromatic carbocycles. The van der Waals surface area contributed by atoms with Gasteiger partial charge in [0.15, 0.2) is 0 Å². The van der Waals surface area contributed by atoms with Crippen LogP contribution in [0.5, 0.6) is 0 Å².